The van der Waals surface area contributed by atoms with Crippen LogP contribution in [0.1, 0.15) is 33.4 Å². The lowest BCUT2D eigenvalue weighted by Crippen LogP contribution is -2.15. The lowest BCUT2D eigenvalue weighted by Gasteiger charge is -2.30. The number of aromatic nitrogens is 3. The summed E-state index contributed by atoms with van der Waals surface area (Å²) in [5.74, 6) is 1.93. The zero-order valence-electron chi connectivity index (χ0n) is 32.8. The van der Waals surface area contributed by atoms with Crippen LogP contribution in [0.15, 0.2) is 164 Å². The Balaban J connectivity index is 1.38. The van der Waals surface area contributed by atoms with Gasteiger partial charge in [-0.1, -0.05) is 115 Å². The van der Waals surface area contributed by atoms with E-state index in [4.69, 9.17) is 15.0 Å². The maximum atomic E-state index is 5.43. The SMILES string of the molecule is Cc1cc(C)c(N(c2ccccc2)c2ccccc2)c(C)c1-c1nc(-c2ccccc2)nc(-c2c(C)cc(C)c(N(c3ccccc3)c3ccccc3)c2C)n1. The molecule has 0 saturated carbocycles. The number of rotatable bonds is 9. The van der Waals surface area contributed by atoms with E-state index < -0.39 is 0 Å². The fourth-order valence-corrected chi connectivity index (χ4v) is 8.17. The van der Waals surface area contributed by atoms with Gasteiger partial charge >= 0.3 is 0 Å². The fourth-order valence-electron chi connectivity index (χ4n) is 8.17. The molecule has 0 unspecified atom stereocenters. The molecule has 0 aliphatic heterocycles. The Morgan fingerprint density at radius 3 is 0.929 bits per heavy atom. The predicted octanol–water partition coefficient (Wildman–Crippen LogP) is 13.7. The van der Waals surface area contributed by atoms with Crippen LogP contribution in [0.25, 0.3) is 34.2 Å². The summed E-state index contributed by atoms with van der Waals surface area (Å²) in [6.45, 7) is 13.1. The van der Waals surface area contributed by atoms with Crippen LogP contribution in [-0.2, 0) is 0 Å². The van der Waals surface area contributed by atoms with E-state index in [1.807, 2.05) is 18.2 Å². The normalized spacial score (nSPS) is 11.0. The number of hydrogen-bond acceptors (Lipinski definition) is 5. The van der Waals surface area contributed by atoms with Crippen LogP contribution in [0.5, 0.6) is 0 Å². The summed E-state index contributed by atoms with van der Waals surface area (Å²) in [6, 6.07) is 57.0. The Morgan fingerprint density at radius 1 is 0.321 bits per heavy atom. The molecule has 0 aliphatic carbocycles. The van der Waals surface area contributed by atoms with E-state index in [0.29, 0.717) is 17.5 Å². The van der Waals surface area contributed by atoms with Gasteiger partial charge in [0.25, 0.3) is 0 Å². The topological polar surface area (TPSA) is 45.2 Å². The standard InChI is InChI=1S/C51H45N5/c1-34-32-36(3)47(55(41-24-14-8-15-25-41)42-26-16-9-17-27-42)38(5)45(34)50-52-49(40-22-12-7-13-23-40)53-51(54-50)46-35(2)33-37(4)48(39(46)6)56(43-28-18-10-19-29-43)44-30-20-11-21-31-44/h7-33H,1-6H3. The molecule has 0 fully saturated rings. The van der Waals surface area contributed by atoms with Crippen LogP contribution in [0.4, 0.5) is 34.1 Å². The molecule has 0 saturated heterocycles. The Bertz CT molecular complexity index is 2380. The zero-order valence-corrected chi connectivity index (χ0v) is 32.8. The minimum atomic E-state index is 0.637. The minimum Gasteiger partial charge on any atom is -0.310 e. The van der Waals surface area contributed by atoms with Crippen molar-refractivity contribution in [2.75, 3.05) is 9.80 Å². The van der Waals surface area contributed by atoms with Crippen molar-refractivity contribution >= 4 is 34.1 Å². The Labute approximate surface area is 330 Å². The van der Waals surface area contributed by atoms with Crippen LogP contribution < -0.4 is 9.80 Å². The molecule has 0 atom stereocenters. The molecule has 5 nitrogen and oxygen atoms in total. The molecule has 7 aromatic carbocycles. The lowest BCUT2D eigenvalue weighted by molar-refractivity contribution is 1.05. The van der Waals surface area contributed by atoms with Gasteiger partial charge in [0.2, 0.25) is 0 Å². The minimum absolute atomic E-state index is 0.637. The number of aryl methyl sites for hydroxylation is 4. The van der Waals surface area contributed by atoms with Crippen molar-refractivity contribution in [3.05, 3.63) is 197 Å². The molecule has 5 heteroatoms. The first-order chi connectivity index (χ1) is 27.3. The maximum Gasteiger partial charge on any atom is 0.164 e. The first-order valence-corrected chi connectivity index (χ1v) is 19.1. The number of nitrogens with zero attached hydrogens (tertiary/aromatic N) is 5. The molecule has 8 aromatic rings. The highest BCUT2D eigenvalue weighted by molar-refractivity contribution is 5.88. The van der Waals surface area contributed by atoms with E-state index >= 15 is 0 Å². The van der Waals surface area contributed by atoms with Gasteiger partial charge in [0.05, 0.1) is 11.4 Å². The quantitative estimate of drug-likeness (QED) is 0.148. The monoisotopic (exact) mass is 727 g/mol. The van der Waals surface area contributed by atoms with Crippen LogP contribution in [0.2, 0.25) is 0 Å². The van der Waals surface area contributed by atoms with Crippen LogP contribution in [0.3, 0.4) is 0 Å². The molecule has 0 amide bonds. The van der Waals surface area contributed by atoms with E-state index in [1.165, 1.54) is 11.1 Å². The van der Waals surface area contributed by atoms with E-state index in [9.17, 15) is 0 Å². The highest BCUT2D eigenvalue weighted by Gasteiger charge is 2.26. The first-order valence-electron chi connectivity index (χ1n) is 19.1. The van der Waals surface area contributed by atoms with Crippen molar-refractivity contribution < 1.29 is 0 Å². The smallest absolute Gasteiger partial charge is 0.164 e. The van der Waals surface area contributed by atoms with Gasteiger partial charge in [-0.25, -0.2) is 15.0 Å². The van der Waals surface area contributed by atoms with E-state index in [0.717, 1.165) is 73.1 Å². The van der Waals surface area contributed by atoms with Gasteiger partial charge in [-0.2, -0.15) is 0 Å². The van der Waals surface area contributed by atoms with Crippen molar-refractivity contribution in [2.45, 2.75) is 41.5 Å². The van der Waals surface area contributed by atoms with E-state index in [2.05, 4.69) is 197 Å². The second kappa shape index (κ2) is 15.5. The molecule has 1 heterocycles. The number of para-hydroxylation sites is 4. The van der Waals surface area contributed by atoms with Crippen LogP contribution in [0, 0.1) is 41.5 Å². The van der Waals surface area contributed by atoms with Crippen LogP contribution in [-0.4, -0.2) is 15.0 Å². The fraction of sp³-hybridized carbons (Fsp3) is 0.118. The average Bonchev–Trinajstić information content (AvgIpc) is 3.22. The zero-order chi connectivity index (χ0) is 38.8. The summed E-state index contributed by atoms with van der Waals surface area (Å²) >= 11 is 0. The molecule has 274 valence electrons. The molecular formula is C51H45N5. The molecule has 1 aromatic heterocycles. The lowest BCUT2D eigenvalue weighted by atomic mass is 9.94. The predicted molar refractivity (Wildman–Crippen MR) is 234 cm³/mol. The van der Waals surface area contributed by atoms with Gasteiger partial charge in [-0.05, 0) is 123 Å². The molecule has 0 radical (unpaired) electrons. The molecule has 8 rings (SSSR count). The third-order valence-electron chi connectivity index (χ3n) is 10.5. The molecule has 0 spiro atoms. The number of anilines is 6. The van der Waals surface area contributed by atoms with Gasteiger partial charge < -0.3 is 9.80 Å². The summed E-state index contributed by atoms with van der Waals surface area (Å²) in [7, 11) is 0. The van der Waals surface area contributed by atoms with Crippen molar-refractivity contribution in [3.63, 3.8) is 0 Å². The third-order valence-corrected chi connectivity index (χ3v) is 10.5. The highest BCUT2D eigenvalue weighted by atomic mass is 15.2. The summed E-state index contributed by atoms with van der Waals surface area (Å²) in [4.78, 5) is 20.7. The first kappa shape index (κ1) is 36.1. The van der Waals surface area contributed by atoms with Gasteiger partial charge in [0.1, 0.15) is 0 Å². The summed E-state index contributed by atoms with van der Waals surface area (Å²) < 4.78 is 0. The summed E-state index contributed by atoms with van der Waals surface area (Å²) in [5, 5.41) is 0. The molecule has 0 bridgehead atoms. The highest BCUT2D eigenvalue weighted by Crippen LogP contribution is 2.45. The summed E-state index contributed by atoms with van der Waals surface area (Å²) in [6.07, 6.45) is 0. The molecular weight excluding hydrogens is 683 g/mol. The van der Waals surface area contributed by atoms with E-state index in [1.54, 1.807) is 0 Å². The second-order valence-corrected chi connectivity index (χ2v) is 14.4. The largest absolute Gasteiger partial charge is 0.310 e. The maximum absolute atomic E-state index is 5.43. The summed E-state index contributed by atoms with van der Waals surface area (Å²) in [5.41, 5.74) is 16.3. The van der Waals surface area contributed by atoms with Crippen molar-refractivity contribution in [3.8, 4) is 34.2 Å². The molecule has 0 aliphatic rings. The molecule has 56 heavy (non-hydrogen) atoms. The van der Waals surface area contributed by atoms with Gasteiger partial charge in [0, 0.05) is 39.4 Å². The third kappa shape index (κ3) is 6.84. The Kier molecular flexibility index (Phi) is 9.99. The van der Waals surface area contributed by atoms with Gasteiger partial charge in [-0.3, -0.25) is 0 Å². The molecule has 0 N–H and O–H groups in total. The van der Waals surface area contributed by atoms with Crippen molar-refractivity contribution in [1.82, 2.24) is 15.0 Å². The van der Waals surface area contributed by atoms with E-state index in [-0.39, 0.29) is 0 Å². The second-order valence-electron chi connectivity index (χ2n) is 14.4. The van der Waals surface area contributed by atoms with Gasteiger partial charge in [0.15, 0.2) is 17.5 Å². The van der Waals surface area contributed by atoms with Crippen molar-refractivity contribution in [2.24, 2.45) is 0 Å². The number of benzene rings is 7. The van der Waals surface area contributed by atoms with Crippen LogP contribution >= 0.6 is 0 Å². The number of hydrogen-bond donors (Lipinski definition) is 0. The van der Waals surface area contributed by atoms with Gasteiger partial charge in [-0.15, -0.1) is 0 Å². The average molecular weight is 728 g/mol. The van der Waals surface area contributed by atoms with Crippen molar-refractivity contribution in [1.29, 1.82) is 0 Å². The Hall–Kier alpha value is -6.85. The Morgan fingerprint density at radius 2 is 0.607 bits per heavy atom.